The molecule has 3 aromatic carbocycles. The highest BCUT2D eigenvalue weighted by Gasteiger charge is 2.25. The van der Waals surface area contributed by atoms with Crippen LogP contribution >= 0.6 is 0 Å². The van der Waals surface area contributed by atoms with E-state index < -0.39 is 6.04 Å². The number of amides is 2. The summed E-state index contributed by atoms with van der Waals surface area (Å²) in [6.45, 7) is 7.31. The summed E-state index contributed by atoms with van der Waals surface area (Å²) in [5.41, 5.74) is 8.39. The second-order valence-electron chi connectivity index (χ2n) is 9.76. The Morgan fingerprint density at radius 1 is 0.974 bits per heavy atom. The van der Waals surface area contributed by atoms with Gasteiger partial charge in [0, 0.05) is 25.6 Å². The van der Waals surface area contributed by atoms with Gasteiger partial charge in [-0.25, -0.2) is 0 Å². The lowest BCUT2D eigenvalue weighted by Crippen LogP contribution is -2.50. The van der Waals surface area contributed by atoms with Gasteiger partial charge in [0.1, 0.15) is 6.04 Å². The highest BCUT2D eigenvalue weighted by Crippen LogP contribution is 2.19. The summed E-state index contributed by atoms with van der Waals surface area (Å²) in [7, 11) is 0. The minimum Gasteiger partial charge on any atom is -0.397 e. The van der Waals surface area contributed by atoms with E-state index in [9.17, 15) is 9.59 Å². The maximum atomic E-state index is 12.8. The number of carbonyl (C=O) groups excluding carboxylic acids is 2. The zero-order chi connectivity index (χ0) is 28.5. The van der Waals surface area contributed by atoms with Crippen LogP contribution in [0, 0.1) is 5.92 Å². The Hall–Kier alpha value is -3.26. The van der Waals surface area contributed by atoms with E-state index in [1.54, 1.807) is 6.92 Å². The van der Waals surface area contributed by atoms with Gasteiger partial charge in [-0.2, -0.15) is 0 Å². The van der Waals surface area contributed by atoms with Crippen molar-refractivity contribution in [2.45, 2.75) is 71.7 Å². The lowest BCUT2D eigenvalue weighted by atomic mass is 9.97. The Morgan fingerprint density at radius 3 is 2.36 bits per heavy atom. The first-order chi connectivity index (χ1) is 18.9. The number of aliphatic hydroxyl groups is 1. The van der Waals surface area contributed by atoms with Crippen molar-refractivity contribution in [3.8, 4) is 0 Å². The highest BCUT2D eigenvalue weighted by atomic mass is 16.5. The summed E-state index contributed by atoms with van der Waals surface area (Å²) in [6.07, 6.45) is 2.44. The number of benzene rings is 3. The quantitative estimate of drug-likeness (QED) is 0.239. The first-order valence-corrected chi connectivity index (χ1v) is 13.9. The third-order valence-corrected chi connectivity index (χ3v) is 6.57. The van der Waals surface area contributed by atoms with E-state index in [-0.39, 0.29) is 30.4 Å². The molecular weight excluding hydrogens is 490 g/mol. The van der Waals surface area contributed by atoms with Gasteiger partial charge in [-0.05, 0) is 47.6 Å². The maximum absolute atomic E-state index is 12.8. The SMILES string of the molecule is CCO.CC[C@H](C)C(NC(=O)CCC[C@@H](N)COCc1cccc2ccccc12)C(=O)NCc1ccccc1. The van der Waals surface area contributed by atoms with Gasteiger partial charge >= 0.3 is 0 Å². The van der Waals surface area contributed by atoms with Crippen molar-refractivity contribution in [3.05, 3.63) is 83.9 Å². The Morgan fingerprint density at radius 2 is 1.64 bits per heavy atom. The van der Waals surface area contributed by atoms with Crippen molar-refractivity contribution in [2.24, 2.45) is 11.7 Å². The van der Waals surface area contributed by atoms with E-state index >= 15 is 0 Å². The molecule has 0 aliphatic rings. The molecule has 39 heavy (non-hydrogen) atoms. The molecule has 7 nitrogen and oxygen atoms in total. The fourth-order valence-electron chi connectivity index (χ4n) is 4.19. The molecule has 0 spiro atoms. The second-order valence-corrected chi connectivity index (χ2v) is 9.76. The van der Waals surface area contributed by atoms with Gasteiger partial charge in [-0.3, -0.25) is 9.59 Å². The molecule has 3 atom stereocenters. The van der Waals surface area contributed by atoms with Crippen LogP contribution < -0.4 is 16.4 Å². The molecule has 0 fully saturated rings. The highest BCUT2D eigenvalue weighted by molar-refractivity contribution is 5.88. The molecule has 1 unspecified atom stereocenters. The number of ether oxygens (including phenoxy) is 1. The number of nitrogens with one attached hydrogen (secondary N) is 2. The lowest BCUT2D eigenvalue weighted by Gasteiger charge is -2.24. The smallest absolute Gasteiger partial charge is 0.243 e. The molecule has 7 heteroatoms. The summed E-state index contributed by atoms with van der Waals surface area (Å²) in [4.78, 5) is 25.4. The van der Waals surface area contributed by atoms with Crippen LogP contribution in [0.2, 0.25) is 0 Å². The molecule has 3 rings (SSSR count). The molecule has 0 saturated heterocycles. The Kier molecular flexibility index (Phi) is 14.8. The Balaban J connectivity index is 0.00000170. The van der Waals surface area contributed by atoms with Crippen LogP contribution in [0.25, 0.3) is 10.8 Å². The zero-order valence-corrected chi connectivity index (χ0v) is 23.6. The number of hydrogen-bond donors (Lipinski definition) is 4. The molecule has 0 saturated carbocycles. The molecule has 212 valence electrons. The average Bonchev–Trinajstić information content (AvgIpc) is 2.95. The van der Waals surface area contributed by atoms with Crippen LogP contribution in [0.3, 0.4) is 0 Å². The fraction of sp³-hybridized carbons (Fsp3) is 0.438. The van der Waals surface area contributed by atoms with E-state index in [4.69, 9.17) is 15.6 Å². The van der Waals surface area contributed by atoms with Gasteiger partial charge in [-0.15, -0.1) is 0 Å². The number of hydrogen-bond acceptors (Lipinski definition) is 5. The van der Waals surface area contributed by atoms with Crippen molar-refractivity contribution < 1.29 is 19.4 Å². The van der Waals surface area contributed by atoms with Crippen molar-refractivity contribution >= 4 is 22.6 Å². The molecule has 0 aliphatic heterocycles. The maximum Gasteiger partial charge on any atom is 0.243 e. The molecular formula is C32H45N3O4. The largest absolute Gasteiger partial charge is 0.397 e. The van der Waals surface area contributed by atoms with E-state index in [1.165, 1.54) is 10.8 Å². The predicted octanol–water partition coefficient (Wildman–Crippen LogP) is 4.70. The zero-order valence-electron chi connectivity index (χ0n) is 23.6. The molecule has 0 heterocycles. The van der Waals surface area contributed by atoms with Crippen LogP contribution in [-0.4, -0.2) is 42.2 Å². The van der Waals surface area contributed by atoms with Gasteiger partial charge in [0.25, 0.3) is 0 Å². The first-order valence-electron chi connectivity index (χ1n) is 13.9. The second kappa shape index (κ2) is 18.1. The van der Waals surface area contributed by atoms with Gasteiger partial charge in [0.15, 0.2) is 0 Å². The first kappa shape index (κ1) is 32.0. The number of nitrogens with two attached hydrogens (primary N) is 1. The molecule has 0 bridgehead atoms. The van der Waals surface area contributed by atoms with Crippen molar-refractivity contribution in [2.75, 3.05) is 13.2 Å². The van der Waals surface area contributed by atoms with Crippen LogP contribution in [-0.2, 0) is 27.5 Å². The number of fused-ring (bicyclic) bond motifs is 1. The molecule has 0 aliphatic carbocycles. The number of rotatable bonds is 14. The minimum absolute atomic E-state index is 0.0365. The van der Waals surface area contributed by atoms with Crippen LogP contribution in [0.4, 0.5) is 0 Å². The standard InChI is InChI=1S/C30H39N3O3.C2H6O/c1-3-22(2)29(30(35)32-19-23-11-5-4-6-12-23)33-28(34)18-10-16-26(31)21-36-20-25-15-9-14-24-13-7-8-17-27(24)25;1-2-3/h4-9,11-15,17,22,26,29H,3,10,16,18-21,31H2,1-2H3,(H,32,35)(H,33,34);3H,2H2,1H3/t22-,26+,29?;/m0./s1. The molecule has 3 aromatic rings. The van der Waals surface area contributed by atoms with Gasteiger partial charge in [0.05, 0.1) is 13.2 Å². The van der Waals surface area contributed by atoms with Crippen molar-refractivity contribution in [1.82, 2.24) is 10.6 Å². The normalized spacial score (nSPS) is 13.1. The third kappa shape index (κ3) is 11.6. The predicted molar refractivity (Wildman–Crippen MR) is 158 cm³/mol. The molecule has 5 N–H and O–H groups in total. The summed E-state index contributed by atoms with van der Waals surface area (Å²) in [6, 6.07) is 23.5. The van der Waals surface area contributed by atoms with Crippen LogP contribution in [0.15, 0.2) is 72.8 Å². The monoisotopic (exact) mass is 535 g/mol. The molecule has 0 radical (unpaired) electrons. The molecule has 2 amide bonds. The average molecular weight is 536 g/mol. The number of aliphatic hydroxyl groups excluding tert-OH is 1. The van der Waals surface area contributed by atoms with Gasteiger partial charge in [0.2, 0.25) is 11.8 Å². The Bertz CT molecular complexity index is 1120. The van der Waals surface area contributed by atoms with E-state index in [1.807, 2.05) is 62.4 Å². The third-order valence-electron chi connectivity index (χ3n) is 6.57. The summed E-state index contributed by atoms with van der Waals surface area (Å²) in [5, 5.41) is 15.8. The topological polar surface area (TPSA) is 114 Å². The van der Waals surface area contributed by atoms with Crippen LogP contribution in [0.5, 0.6) is 0 Å². The Labute approximate surface area is 233 Å². The van der Waals surface area contributed by atoms with Crippen LogP contribution in [0.1, 0.15) is 57.6 Å². The van der Waals surface area contributed by atoms with E-state index in [0.717, 1.165) is 17.5 Å². The lowest BCUT2D eigenvalue weighted by molar-refractivity contribution is -0.130. The van der Waals surface area contributed by atoms with E-state index in [2.05, 4.69) is 34.9 Å². The molecule has 0 aromatic heterocycles. The van der Waals surface area contributed by atoms with Gasteiger partial charge < -0.3 is 26.2 Å². The summed E-state index contributed by atoms with van der Waals surface area (Å²) < 4.78 is 5.87. The number of carbonyl (C=O) groups is 2. The fourth-order valence-corrected chi connectivity index (χ4v) is 4.19. The van der Waals surface area contributed by atoms with Crippen molar-refractivity contribution in [1.29, 1.82) is 0 Å². The van der Waals surface area contributed by atoms with Crippen molar-refractivity contribution in [3.63, 3.8) is 0 Å². The summed E-state index contributed by atoms with van der Waals surface area (Å²) >= 11 is 0. The van der Waals surface area contributed by atoms with Gasteiger partial charge in [-0.1, -0.05) is 93.1 Å². The minimum atomic E-state index is -0.552. The summed E-state index contributed by atoms with van der Waals surface area (Å²) in [5.74, 6) is -0.242. The van der Waals surface area contributed by atoms with E-state index in [0.29, 0.717) is 39.0 Å².